The zero-order valence-electron chi connectivity index (χ0n) is 12.7. The SMILES string of the molecule is O=C(NCC(O)c1ccccc1F)Nc1cccc2cccnc12. The highest BCUT2D eigenvalue weighted by molar-refractivity contribution is 5.99. The minimum Gasteiger partial charge on any atom is -0.386 e. The van der Waals surface area contributed by atoms with Gasteiger partial charge >= 0.3 is 6.03 Å². The molecule has 0 saturated carbocycles. The summed E-state index contributed by atoms with van der Waals surface area (Å²) < 4.78 is 13.6. The summed E-state index contributed by atoms with van der Waals surface area (Å²) in [5, 5.41) is 16.1. The van der Waals surface area contributed by atoms with Gasteiger partial charge in [-0.25, -0.2) is 9.18 Å². The van der Waals surface area contributed by atoms with Crippen LogP contribution in [0.4, 0.5) is 14.9 Å². The van der Waals surface area contributed by atoms with Crippen molar-refractivity contribution in [3.8, 4) is 0 Å². The van der Waals surface area contributed by atoms with Crippen molar-refractivity contribution in [1.29, 1.82) is 0 Å². The van der Waals surface area contributed by atoms with Gasteiger partial charge in [0.15, 0.2) is 0 Å². The van der Waals surface area contributed by atoms with Crippen LogP contribution in [0.2, 0.25) is 0 Å². The fraction of sp³-hybridized carbons (Fsp3) is 0.111. The Labute approximate surface area is 138 Å². The molecule has 3 aromatic rings. The van der Waals surface area contributed by atoms with Crippen molar-refractivity contribution >= 4 is 22.6 Å². The van der Waals surface area contributed by atoms with Crippen molar-refractivity contribution in [2.45, 2.75) is 6.10 Å². The Morgan fingerprint density at radius 2 is 1.92 bits per heavy atom. The third kappa shape index (κ3) is 3.49. The maximum Gasteiger partial charge on any atom is 0.319 e. The smallest absolute Gasteiger partial charge is 0.319 e. The van der Waals surface area contributed by atoms with Gasteiger partial charge in [-0.05, 0) is 18.2 Å². The Bertz CT molecular complexity index is 864. The summed E-state index contributed by atoms with van der Waals surface area (Å²) in [6, 6.07) is 14.6. The van der Waals surface area contributed by atoms with Gasteiger partial charge in [-0.2, -0.15) is 0 Å². The minimum atomic E-state index is -1.12. The number of urea groups is 1. The van der Waals surface area contributed by atoms with E-state index in [4.69, 9.17) is 0 Å². The second-order valence-corrected chi connectivity index (χ2v) is 5.25. The number of hydrogen-bond donors (Lipinski definition) is 3. The molecule has 0 aliphatic carbocycles. The van der Waals surface area contributed by atoms with Crippen molar-refractivity contribution < 1.29 is 14.3 Å². The van der Waals surface area contributed by atoms with Crippen LogP contribution >= 0.6 is 0 Å². The first-order chi connectivity index (χ1) is 11.6. The molecule has 0 aliphatic heterocycles. The Morgan fingerprint density at radius 3 is 2.75 bits per heavy atom. The van der Waals surface area contributed by atoms with Gasteiger partial charge < -0.3 is 15.7 Å². The number of aliphatic hydroxyl groups is 1. The lowest BCUT2D eigenvalue weighted by Crippen LogP contribution is -2.32. The van der Waals surface area contributed by atoms with Gasteiger partial charge in [0.2, 0.25) is 0 Å². The standard InChI is InChI=1S/C18H16FN3O2/c19-14-8-2-1-7-13(14)16(23)11-21-18(24)22-15-9-3-5-12-6-4-10-20-17(12)15/h1-10,16,23H,11H2,(H2,21,22,24). The topological polar surface area (TPSA) is 74.2 Å². The normalized spacial score (nSPS) is 11.9. The van der Waals surface area contributed by atoms with E-state index in [1.54, 1.807) is 24.4 Å². The van der Waals surface area contributed by atoms with E-state index in [-0.39, 0.29) is 12.1 Å². The van der Waals surface area contributed by atoms with Crippen LogP contribution in [-0.4, -0.2) is 22.7 Å². The van der Waals surface area contributed by atoms with E-state index in [1.807, 2.05) is 24.3 Å². The Morgan fingerprint density at radius 1 is 1.12 bits per heavy atom. The molecule has 0 saturated heterocycles. The molecule has 0 bridgehead atoms. The second-order valence-electron chi connectivity index (χ2n) is 5.25. The summed E-state index contributed by atoms with van der Waals surface area (Å²) in [5.41, 5.74) is 1.38. The number of nitrogens with zero attached hydrogens (tertiary/aromatic N) is 1. The molecular formula is C18H16FN3O2. The Kier molecular flexibility index (Phi) is 4.67. The molecule has 24 heavy (non-hydrogen) atoms. The highest BCUT2D eigenvalue weighted by Gasteiger charge is 2.13. The van der Waals surface area contributed by atoms with Crippen molar-refractivity contribution in [2.75, 3.05) is 11.9 Å². The first-order valence-corrected chi connectivity index (χ1v) is 7.46. The molecule has 3 N–H and O–H groups in total. The van der Waals surface area contributed by atoms with Gasteiger partial charge in [-0.15, -0.1) is 0 Å². The highest BCUT2D eigenvalue weighted by atomic mass is 19.1. The molecule has 5 nitrogen and oxygen atoms in total. The van der Waals surface area contributed by atoms with E-state index in [2.05, 4.69) is 15.6 Å². The number of hydrogen-bond acceptors (Lipinski definition) is 3. The number of carbonyl (C=O) groups is 1. The minimum absolute atomic E-state index is 0.106. The van der Waals surface area contributed by atoms with Gasteiger partial charge in [0.1, 0.15) is 5.82 Å². The number of para-hydroxylation sites is 1. The summed E-state index contributed by atoms with van der Waals surface area (Å²) >= 11 is 0. The number of fused-ring (bicyclic) bond motifs is 1. The maximum absolute atomic E-state index is 13.6. The summed E-state index contributed by atoms with van der Waals surface area (Å²) in [4.78, 5) is 16.3. The van der Waals surface area contributed by atoms with Crippen LogP contribution in [-0.2, 0) is 0 Å². The molecule has 0 fully saturated rings. The first kappa shape index (κ1) is 15.9. The van der Waals surface area contributed by atoms with Crippen LogP contribution in [0.5, 0.6) is 0 Å². The number of aliphatic hydroxyl groups excluding tert-OH is 1. The third-order valence-corrected chi connectivity index (χ3v) is 3.60. The van der Waals surface area contributed by atoms with E-state index < -0.39 is 18.0 Å². The van der Waals surface area contributed by atoms with Crippen LogP contribution in [0.1, 0.15) is 11.7 Å². The lowest BCUT2D eigenvalue weighted by atomic mass is 10.1. The van der Waals surface area contributed by atoms with Crippen LogP contribution in [0.3, 0.4) is 0 Å². The quantitative estimate of drug-likeness (QED) is 0.689. The molecule has 2 amide bonds. The number of halogens is 1. The van der Waals surface area contributed by atoms with Crippen LogP contribution < -0.4 is 10.6 Å². The molecule has 0 spiro atoms. The Balaban J connectivity index is 1.64. The molecule has 1 atom stereocenters. The number of nitrogens with one attached hydrogen (secondary N) is 2. The lowest BCUT2D eigenvalue weighted by molar-refractivity contribution is 0.170. The molecule has 0 radical (unpaired) electrons. The molecule has 1 heterocycles. The predicted molar refractivity (Wildman–Crippen MR) is 90.1 cm³/mol. The molecule has 6 heteroatoms. The lowest BCUT2D eigenvalue weighted by Gasteiger charge is -2.14. The molecule has 2 aromatic carbocycles. The van der Waals surface area contributed by atoms with E-state index >= 15 is 0 Å². The first-order valence-electron chi connectivity index (χ1n) is 7.46. The van der Waals surface area contributed by atoms with Crippen LogP contribution in [0, 0.1) is 5.82 Å². The van der Waals surface area contributed by atoms with Gasteiger partial charge in [0.05, 0.1) is 17.3 Å². The van der Waals surface area contributed by atoms with Crippen LogP contribution in [0.25, 0.3) is 10.9 Å². The number of pyridine rings is 1. The van der Waals surface area contributed by atoms with E-state index in [1.165, 1.54) is 12.1 Å². The van der Waals surface area contributed by atoms with Crippen molar-refractivity contribution in [3.05, 3.63) is 72.2 Å². The summed E-state index contributed by atoms with van der Waals surface area (Å²) in [6.07, 6.45) is 0.524. The van der Waals surface area contributed by atoms with E-state index in [0.29, 0.717) is 11.2 Å². The summed E-state index contributed by atoms with van der Waals surface area (Å²) in [7, 11) is 0. The number of amides is 2. The van der Waals surface area contributed by atoms with Crippen LogP contribution in [0.15, 0.2) is 60.8 Å². The van der Waals surface area contributed by atoms with Gasteiger partial charge in [0.25, 0.3) is 0 Å². The molecule has 1 aromatic heterocycles. The molecule has 1 unspecified atom stereocenters. The molecule has 122 valence electrons. The van der Waals surface area contributed by atoms with Crippen molar-refractivity contribution in [1.82, 2.24) is 10.3 Å². The average molecular weight is 325 g/mol. The number of carbonyl (C=O) groups excluding carboxylic acids is 1. The largest absolute Gasteiger partial charge is 0.386 e. The van der Waals surface area contributed by atoms with Gasteiger partial charge in [-0.3, -0.25) is 4.98 Å². The second kappa shape index (κ2) is 7.06. The zero-order chi connectivity index (χ0) is 16.9. The third-order valence-electron chi connectivity index (χ3n) is 3.60. The molecule has 3 rings (SSSR count). The average Bonchev–Trinajstić information content (AvgIpc) is 2.60. The number of anilines is 1. The maximum atomic E-state index is 13.6. The number of rotatable bonds is 4. The van der Waals surface area contributed by atoms with Gasteiger partial charge in [0, 0.05) is 23.7 Å². The highest BCUT2D eigenvalue weighted by Crippen LogP contribution is 2.20. The zero-order valence-corrected chi connectivity index (χ0v) is 12.7. The van der Waals surface area contributed by atoms with Crippen molar-refractivity contribution in [3.63, 3.8) is 0 Å². The summed E-state index contributed by atoms with van der Waals surface area (Å²) in [6.45, 7) is -0.106. The number of aromatic nitrogens is 1. The van der Waals surface area contributed by atoms with Crippen molar-refractivity contribution in [2.24, 2.45) is 0 Å². The number of benzene rings is 2. The predicted octanol–water partition coefficient (Wildman–Crippen LogP) is 3.23. The monoisotopic (exact) mass is 325 g/mol. The van der Waals surface area contributed by atoms with E-state index in [9.17, 15) is 14.3 Å². The summed E-state index contributed by atoms with van der Waals surface area (Å²) in [5.74, 6) is -0.509. The fourth-order valence-electron chi connectivity index (χ4n) is 2.42. The Hall–Kier alpha value is -2.99. The van der Waals surface area contributed by atoms with Gasteiger partial charge in [-0.1, -0.05) is 36.4 Å². The van der Waals surface area contributed by atoms with E-state index in [0.717, 1.165) is 5.39 Å². The molecular weight excluding hydrogens is 309 g/mol. The fourth-order valence-corrected chi connectivity index (χ4v) is 2.42. The molecule has 0 aliphatic rings.